The highest BCUT2D eigenvalue weighted by Crippen LogP contribution is 2.40. The Labute approximate surface area is 596 Å². The molecule has 504 valence electrons. The van der Waals surface area contributed by atoms with Gasteiger partial charge in [0.25, 0.3) is 0 Å². The molecule has 0 atom stereocenters. The molecule has 3 heterocycles. The molecule has 6 aromatic carbocycles. The Morgan fingerprint density at radius 1 is 0.392 bits per heavy atom. The van der Waals surface area contributed by atoms with Crippen molar-refractivity contribution in [1.29, 1.82) is 21.0 Å². The molecular weight excluding hydrogens is 1180 g/mol. The highest BCUT2D eigenvalue weighted by Gasteiger charge is 2.25. The maximum absolute atomic E-state index is 8.98. The van der Waals surface area contributed by atoms with Crippen LogP contribution in [-0.2, 0) is 50.7 Å². The zero-order valence-electron chi connectivity index (χ0n) is 69.2. The second-order valence-corrected chi connectivity index (χ2v) is 30.6. The van der Waals surface area contributed by atoms with E-state index in [-0.39, 0.29) is 49.3 Å². The van der Waals surface area contributed by atoms with E-state index in [1.165, 1.54) is 51.9 Å². The van der Waals surface area contributed by atoms with Gasteiger partial charge in [0.05, 0.1) is 46.5 Å². The number of hydrogen-bond acceptors (Lipinski definition) is 7. The molecule has 7 heteroatoms. The highest BCUT2D eigenvalue weighted by molar-refractivity contribution is 5.79. The topological polar surface area (TPSA) is 134 Å². The Hall–Kier alpha value is -9.71. The highest BCUT2D eigenvalue weighted by atomic mass is 14.7. The van der Waals surface area contributed by atoms with Crippen LogP contribution < -0.4 is 0 Å². The Bertz CT molecular complexity index is 4340. The molecule has 0 N–H and O–H groups in total. The second-order valence-electron chi connectivity index (χ2n) is 30.6. The van der Waals surface area contributed by atoms with E-state index in [2.05, 4.69) is 237 Å². The van der Waals surface area contributed by atoms with Gasteiger partial charge in [0.1, 0.15) is 0 Å². The number of pyridine rings is 3. The van der Waals surface area contributed by atoms with Crippen LogP contribution in [0, 0.1) is 64.5 Å². The first-order valence-electron chi connectivity index (χ1n) is 36.4. The van der Waals surface area contributed by atoms with Gasteiger partial charge in [-0.15, -0.1) is 6.42 Å². The van der Waals surface area contributed by atoms with Gasteiger partial charge in [-0.05, 0) is 162 Å². The minimum atomic E-state index is -2.31. The Morgan fingerprint density at radius 2 is 0.835 bits per heavy atom. The number of benzene rings is 6. The van der Waals surface area contributed by atoms with Crippen LogP contribution >= 0.6 is 0 Å². The number of hydrogen-bond donors (Lipinski definition) is 0. The third-order valence-corrected chi connectivity index (χ3v) is 15.3. The Kier molecular flexibility index (Phi) is 26.3. The molecule has 7 nitrogen and oxygen atoms in total. The van der Waals surface area contributed by atoms with Crippen molar-refractivity contribution in [2.24, 2.45) is 0 Å². The van der Waals surface area contributed by atoms with Crippen LogP contribution in [0.1, 0.15) is 253 Å². The molecule has 0 bridgehead atoms. The molecule has 0 saturated heterocycles. The van der Waals surface area contributed by atoms with Gasteiger partial charge in [0, 0.05) is 62.0 Å². The quantitative estimate of drug-likeness (QED) is 0.160. The predicted molar refractivity (Wildman–Crippen MR) is 411 cm³/mol. The molecule has 0 unspecified atom stereocenters. The van der Waals surface area contributed by atoms with Gasteiger partial charge in [0.2, 0.25) is 0 Å². The number of aryl methyl sites for hydroxylation is 3. The molecule has 0 aliphatic rings. The van der Waals surface area contributed by atoms with Gasteiger partial charge in [0.15, 0.2) is 0 Å². The Morgan fingerprint density at radius 3 is 1.25 bits per heavy atom. The average molecular weight is 1300 g/mol. The summed E-state index contributed by atoms with van der Waals surface area (Å²) in [6.07, 6.45) is 8.00. The fraction of sp³-hybridized carbons (Fsp3) is 0.367. The normalized spacial score (nSPS) is 12.6. The summed E-state index contributed by atoms with van der Waals surface area (Å²) in [6, 6.07) is 65.4. The number of nitrogens with zero attached hydrogens (tertiary/aromatic N) is 7. The molecule has 9 aromatic rings. The van der Waals surface area contributed by atoms with Gasteiger partial charge in [-0.1, -0.05) is 286 Å². The lowest BCUT2D eigenvalue weighted by molar-refractivity contribution is 0.577. The molecule has 97 heavy (non-hydrogen) atoms. The van der Waals surface area contributed by atoms with Crippen molar-refractivity contribution in [1.82, 2.24) is 15.0 Å². The summed E-state index contributed by atoms with van der Waals surface area (Å²) in [5.41, 5.74) is 16.9. The summed E-state index contributed by atoms with van der Waals surface area (Å²) in [6.45, 7) is 44.9. The van der Waals surface area contributed by atoms with Gasteiger partial charge < -0.3 is 0 Å². The van der Waals surface area contributed by atoms with E-state index >= 15 is 0 Å². The zero-order chi connectivity index (χ0) is 79.3. The second kappa shape index (κ2) is 36.4. The van der Waals surface area contributed by atoms with Crippen LogP contribution in [0.5, 0.6) is 0 Å². The summed E-state index contributed by atoms with van der Waals surface area (Å²) in [5.74, 6) is 2.63. The van der Waals surface area contributed by atoms with E-state index in [0.717, 1.165) is 44.5 Å². The molecule has 0 aliphatic carbocycles. The maximum Gasteiger partial charge on any atom is 0.0995 e. The lowest BCUT2D eigenvalue weighted by atomic mass is 9.78. The van der Waals surface area contributed by atoms with Crippen LogP contribution in [0.15, 0.2) is 195 Å². The zero-order valence-corrected chi connectivity index (χ0v) is 62.2. The standard InChI is InChI=1S/C21H21N.C13H13N.C12H19N.3C11H13N.C11H17N/c1-21(2,3)20-18(16-10-6-4-7-11-16)14-22-15-19(20)17-12-8-5-9-13-17;1-5-10-7-6-8-11(9-14)12(10)13(2,3)4;1-6-11-10(12(3,4)5)8-7-9(2)13-11;1-11(2,3)10-6-4-9(8-12)5-7-10;1-11(2,3)10-6-4-5-9(7-10)8-12;1-11(2,3)10-7-5-4-6-9(10)8-12;1-5-10-9(11(2,3)4)7-6-8-12-10/h4-15H,1-3H3;1,6-8H,2-4H3;7-8H,6H2,1-5H3;3*4-7H,1-3H3;6-8H,5H2,1-4H3/i;;2D3,6D2;;;;5D2. The van der Waals surface area contributed by atoms with E-state index in [1.807, 2.05) is 124 Å². The van der Waals surface area contributed by atoms with E-state index in [4.69, 9.17) is 37.1 Å². The lowest BCUT2D eigenvalue weighted by Crippen LogP contribution is -2.15. The first kappa shape index (κ1) is 70.1. The van der Waals surface area contributed by atoms with Gasteiger partial charge >= 0.3 is 0 Å². The number of rotatable bonds is 4. The van der Waals surface area contributed by atoms with Crippen molar-refractivity contribution >= 4 is 0 Å². The van der Waals surface area contributed by atoms with Crippen LogP contribution in [0.2, 0.25) is 0 Å². The molecular formula is C90H109N7. The molecule has 9 rings (SSSR count). The monoisotopic (exact) mass is 1290 g/mol. The molecule has 0 spiro atoms. The van der Waals surface area contributed by atoms with Crippen molar-refractivity contribution in [3.8, 4) is 58.9 Å². The van der Waals surface area contributed by atoms with Crippen LogP contribution in [0.3, 0.4) is 0 Å². The average Bonchev–Trinajstić information content (AvgIpc) is 0.808. The summed E-state index contributed by atoms with van der Waals surface area (Å²) < 4.78 is 53.1. The first-order valence-corrected chi connectivity index (χ1v) is 32.9. The van der Waals surface area contributed by atoms with Crippen molar-refractivity contribution in [2.75, 3.05) is 0 Å². The molecule has 0 radical (unpaired) electrons. The third kappa shape index (κ3) is 26.1. The summed E-state index contributed by atoms with van der Waals surface area (Å²) >= 11 is 0. The SMILES string of the molecule is C#Cc1cccc(C#N)c1C(C)(C)C.CC(C)(C)c1c(-c2ccccc2)cncc1-c1ccccc1.CC(C)(C)c1ccc(C#N)cc1.CC(C)(C)c1cccc(C#N)c1.CC(C)(C)c1ccccc1C#N.[2H]C([2H])(C)c1ncccc1C(C)(C)C.[2H]C([2H])([2H])c1ccc(C(C)(C)C)c(C([2H])([2H])C)n1. The third-order valence-electron chi connectivity index (χ3n) is 15.3. The number of aromatic nitrogens is 3. The van der Waals surface area contributed by atoms with Crippen molar-refractivity contribution in [3.63, 3.8) is 0 Å². The molecule has 0 saturated carbocycles. The number of terminal acetylenes is 1. The van der Waals surface area contributed by atoms with E-state index in [9.17, 15) is 0 Å². The molecule has 0 aliphatic heterocycles. The fourth-order valence-corrected chi connectivity index (χ4v) is 10.3. The smallest absolute Gasteiger partial charge is 0.0995 e. The summed E-state index contributed by atoms with van der Waals surface area (Å²) in [4.78, 5) is 12.7. The Balaban J connectivity index is 0.000000319. The van der Waals surface area contributed by atoms with Gasteiger partial charge in [-0.3, -0.25) is 15.0 Å². The lowest BCUT2D eigenvalue weighted by Gasteiger charge is -2.26. The maximum atomic E-state index is 8.98. The van der Waals surface area contributed by atoms with Crippen LogP contribution in [-0.4, -0.2) is 15.0 Å². The van der Waals surface area contributed by atoms with Gasteiger partial charge in [-0.2, -0.15) is 21.0 Å². The minimum Gasteiger partial charge on any atom is -0.263 e. The van der Waals surface area contributed by atoms with Crippen LogP contribution in [0.4, 0.5) is 0 Å². The predicted octanol–water partition coefficient (Wildman–Crippen LogP) is 23.3. The largest absolute Gasteiger partial charge is 0.263 e. The van der Waals surface area contributed by atoms with Gasteiger partial charge in [-0.25, -0.2) is 0 Å². The minimum absolute atomic E-state index is 0.0410. The summed E-state index contributed by atoms with van der Waals surface area (Å²) in [5, 5.41) is 35.1. The molecule has 0 fully saturated rings. The van der Waals surface area contributed by atoms with E-state index in [0.29, 0.717) is 11.3 Å². The fourth-order valence-electron chi connectivity index (χ4n) is 10.3. The van der Waals surface area contributed by atoms with E-state index < -0.39 is 19.6 Å². The van der Waals surface area contributed by atoms with Crippen molar-refractivity contribution < 1.29 is 9.60 Å². The number of nitriles is 4. The van der Waals surface area contributed by atoms with Crippen molar-refractivity contribution in [2.45, 2.75) is 217 Å². The van der Waals surface area contributed by atoms with Crippen LogP contribution in [0.25, 0.3) is 22.3 Å². The van der Waals surface area contributed by atoms with E-state index in [1.54, 1.807) is 25.3 Å². The summed E-state index contributed by atoms with van der Waals surface area (Å²) in [7, 11) is 0. The molecule has 3 aromatic heterocycles. The first-order chi connectivity index (χ1) is 47.8. The molecule has 0 amide bonds. The van der Waals surface area contributed by atoms with Crippen molar-refractivity contribution in [3.05, 3.63) is 278 Å².